The first kappa shape index (κ1) is 23.2. The number of carbonyl (C=O) groups is 3. The van der Waals surface area contributed by atoms with E-state index >= 15 is 0 Å². The maximum atomic E-state index is 12.3. The summed E-state index contributed by atoms with van der Waals surface area (Å²) in [5, 5.41) is 10.1. The van der Waals surface area contributed by atoms with E-state index in [9.17, 15) is 14.4 Å². The summed E-state index contributed by atoms with van der Waals surface area (Å²) in [6.07, 6.45) is 2.22. The number of hydrogen-bond acceptors (Lipinski definition) is 10. The number of nitrogens with zero attached hydrogens (tertiary/aromatic N) is 2. The minimum atomic E-state index is -0.571. The molecule has 0 unspecified atom stereocenters. The summed E-state index contributed by atoms with van der Waals surface area (Å²) in [6, 6.07) is 16.6. The van der Waals surface area contributed by atoms with E-state index in [-0.39, 0.29) is 22.3 Å². The van der Waals surface area contributed by atoms with Crippen LogP contribution in [-0.4, -0.2) is 34.3 Å². The molecule has 1 aliphatic rings. The van der Waals surface area contributed by atoms with Gasteiger partial charge in [0.2, 0.25) is 10.9 Å². The zero-order valence-corrected chi connectivity index (χ0v) is 19.2. The van der Waals surface area contributed by atoms with Crippen LogP contribution in [0.5, 0.6) is 11.5 Å². The van der Waals surface area contributed by atoms with Gasteiger partial charge in [-0.1, -0.05) is 53.4 Å². The first-order valence-electron chi connectivity index (χ1n) is 9.94. The summed E-state index contributed by atoms with van der Waals surface area (Å²) in [6.45, 7) is 0.104. The standard InChI is InChI=1S/C23H18N4O5S2/c24-22-26-27-23(34-22)33-20-11-18(28)17(10-19(20)29)25-21(30)13-32-16-8-6-15(7-9-16)31-12-14-4-2-1-3-5-14/h1-11H,12-13H2,(H2,24,26)(H,25,30). The minimum absolute atomic E-state index is 0.121. The van der Waals surface area contributed by atoms with Gasteiger partial charge in [0.1, 0.15) is 18.1 Å². The Bertz CT molecular complexity index is 1270. The molecule has 2 aromatic carbocycles. The molecule has 0 spiro atoms. The molecule has 0 fully saturated rings. The Labute approximate surface area is 202 Å². The fourth-order valence-corrected chi connectivity index (χ4v) is 4.41. The number of nitrogens with two attached hydrogens (primary N) is 1. The molecule has 0 bridgehead atoms. The normalized spacial score (nSPS) is 13.2. The van der Waals surface area contributed by atoms with Crippen molar-refractivity contribution in [3.63, 3.8) is 0 Å². The number of hydrogen-bond donors (Lipinski definition) is 2. The Morgan fingerprint density at radius 3 is 2.32 bits per heavy atom. The average Bonchev–Trinajstić information content (AvgIpc) is 3.25. The zero-order valence-electron chi connectivity index (χ0n) is 17.6. The quantitative estimate of drug-likeness (QED) is 0.431. The van der Waals surface area contributed by atoms with Gasteiger partial charge in [-0.05, 0) is 29.8 Å². The topological polar surface area (TPSA) is 134 Å². The second-order valence-electron chi connectivity index (χ2n) is 6.89. The van der Waals surface area contributed by atoms with E-state index in [2.05, 4.69) is 15.5 Å². The van der Waals surface area contributed by atoms with Gasteiger partial charge in [-0.25, -0.2) is 0 Å². The van der Waals surface area contributed by atoms with E-state index in [0.29, 0.717) is 22.4 Å². The summed E-state index contributed by atoms with van der Waals surface area (Å²) in [5.41, 5.74) is 6.45. The fourth-order valence-electron chi connectivity index (χ4n) is 2.78. The SMILES string of the molecule is Nc1nnc(SC2=CC(=O)C(NC(=O)COc3ccc(OCc4ccccc4)cc3)=CC2=O)s1. The van der Waals surface area contributed by atoms with Crippen LogP contribution in [0.1, 0.15) is 5.56 Å². The molecule has 34 heavy (non-hydrogen) atoms. The minimum Gasteiger partial charge on any atom is -0.489 e. The second kappa shape index (κ2) is 10.8. The number of aromatic nitrogens is 2. The average molecular weight is 495 g/mol. The van der Waals surface area contributed by atoms with Crippen molar-refractivity contribution in [2.24, 2.45) is 0 Å². The number of thioether (sulfide) groups is 1. The highest BCUT2D eigenvalue weighted by atomic mass is 32.2. The lowest BCUT2D eigenvalue weighted by molar-refractivity contribution is -0.124. The Hall–Kier alpha value is -3.96. The maximum absolute atomic E-state index is 12.3. The number of ether oxygens (including phenoxy) is 2. The molecule has 0 radical (unpaired) electrons. The van der Waals surface area contributed by atoms with Gasteiger partial charge >= 0.3 is 0 Å². The summed E-state index contributed by atoms with van der Waals surface area (Å²) in [7, 11) is 0. The van der Waals surface area contributed by atoms with E-state index in [1.807, 2.05) is 30.3 Å². The van der Waals surface area contributed by atoms with Crippen molar-refractivity contribution in [3.8, 4) is 11.5 Å². The molecule has 1 aromatic heterocycles. The third-order valence-electron chi connectivity index (χ3n) is 4.38. The summed E-state index contributed by atoms with van der Waals surface area (Å²) in [4.78, 5) is 37.0. The Kier molecular flexibility index (Phi) is 7.35. The van der Waals surface area contributed by atoms with Crippen LogP contribution in [0.15, 0.2) is 81.7 Å². The van der Waals surface area contributed by atoms with Crippen molar-refractivity contribution in [3.05, 3.63) is 82.9 Å². The molecule has 9 nitrogen and oxygen atoms in total. The molecule has 11 heteroatoms. The molecule has 1 heterocycles. The molecule has 0 aliphatic heterocycles. The monoisotopic (exact) mass is 494 g/mol. The van der Waals surface area contributed by atoms with Crippen LogP contribution in [-0.2, 0) is 21.0 Å². The molecule has 0 saturated carbocycles. The number of allylic oxidation sites excluding steroid dienone is 3. The molecule has 0 atom stereocenters. The molecule has 1 aliphatic carbocycles. The number of nitrogens with one attached hydrogen (secondary N) is 1. The summed E-state index contributed by atoms with van der Waals surface area (Å²) in [5.74, 6) is -0.391. The lowest BCUT2D eigenvalue weighted by Crippen LogP contribution is -2.33. The number of amides is 1. The number of nitrogen functional groups attached to an aromatic ring is 1. The van der Waals surface area contributed by atoms with E-state index in [1.54, 1.807) is 24.3 Å². The smallest absolute Gasteiger partial charge is 0.262 e. The summed E-state index contributed by atoms with van der Waals surface area (Å²) < 4.78 is 11.6. The number of ketones is 2. The number of benzene rings is 2. The zero-order chi connectivity index (χ0) is 23.9. The molecule has 3 N–H and O–H groups in total. The van der Waals surface area contributed by atoms with Gasteiger partial charge in [-0.15, -0.1) is 10.2 Å². The van der Waals surface area contributed by atoms with Crippen LogP contribution in [0, 0.1) is 0 Å². The highest BCUT2D eigenvalue weighted by Gasteiger charge is 2.23. The van der Waals surface area contributed by atoms with Gasteiger partial charge in [-0.2, -0.15) is 0 Å². The predicted molar refractivity (Wildman–Crippen MR) is 127 cm³/mol. The van der Waals surface area contributed by atoms with Gasteiger partial charge in [0.25, 0.3) is 5.91 Å². The van der Waals surface area contributed by atoms with Crippen molar-refractivity contribution >= 4 is 45.7 Å². The molecule has 4 rings (SSSR count). The van der Waals surface area contributed by atoms with Crippen molar-refractivity contribution in [2.45, 2.75) is 10.9 Å². The fraction of sp³-hybridized carbons (Fsp3) is 0.0870. The van der Waals surface area contributed by atoms with E-state index < -0.39 is 17.5 Å². The van der Waals surface area contributed by atoms with E-state index in [1.165, 1.54) is 0 Å². The highest BCUT2D eigenvalue weighted by Crippen LogP contribution is 2.32. The van der Waals surface area contributed by atoms with Crippen LogP contribution < -0.4 is 20.5 Å². The molecule has 0 saturated heterocycles. The second-order valence-corrected chi connectivity index (χ2v) is 9.18. The number of rotatable bonds is 9. The van der Waals surface area contributed by atoms with Crippen molar-refractivity contribution in [1.29, 1.82) is 0 Å². The lowest BCUT2D eigenvalue weighted by Gasteiger charge is -2.13. The maximum Gasteiger partial charge on any atom is 0.262 e. The largest absolute Gasteiger partial charge is 0.489 e. The third kappa shape index (κ3) is 6.30. The molecule has 172 valence electrons. The van der Waals surface area contributed by atoms with Crippen LogP contribution in [0.3, 0.4) is 0 Å². The van der Waals surface area contributed by atoms with Crippen LogP contribution in [0.4, 0.5) is 5.13 Å². The Morgan fingerprint density at radius 1 is 0.941 bits per heavy atom. The van der Waals surface area contributed by atoms with Crippen molar-refractivity contribution in [2.75, 3.05) is 12.3 Å². The Morgan fingerprint density at radius 2 is 1.65 bits per heavy atom. The highest BCUT2D eigenvalue weighted by molar-refractivity contribution is 8.05. The lowest BCUT2D eigenvalue weighted by atomic mass is 10.1. The van der Waals surface area contributed by atoms with Crippen LogP contribution in [0.2, 0.25) is 0 Å². The van der Waals surface area contributed by atoms with Crippen molar-refractivity contribution < 1.29 is 23.9 Å². The first-order valence-corrected chi connectivity index (χ1v) is 11.6. The van der Waals surface area contributed by atoms with Gasteiger partial charge in [0, 0.05) is 12.2 Å². The van der Waals surface area contributed by atoms with Crippen molar-refractivity contribution in [1.82, 2.24) is 15.5 Å². The van der Waals surface area contributed by atoms with Gasteiger partial charge < -0.3 is 20.5 Å². The van der Waals surface area contributed by atoms with Gasteiger partial charge in [0.05, 0.1) is 10.6 Å². The number of carbonyl (C=O) groups excluding carboxylic acids is 3. The molecular weight excluding hydrogens is 476 g/mol. The van der Waals surface area contributed by atoms with Gasteiger partial charge in [0.15, 0.2) is 16.7 Å². The molecule has 3 aromatic rings. The summed E-state index contributed by atoms with van der Waals surface area (Å²) >= 11 is 2.09. The number of anilines is 1. The molecular formula is C23H18N4O5S2. The predicted octanol–water partition coefficient (Wildman–Crippen LogP) is 2.91. The molecule has 1 amide bonds. The van der Waals surface area contributed by atoms with E-state index in [4.69, 9.17) is 15.2 Å². The first-order chi connectivity index (χ1) is 16.5. The van der Waals surface area contributed by atoms with Crippen LogP contribution in [0.25, 0.3) is 0 Å². The van der Waals surface area contributed by atoms with Gasteiger partial charge in [-0.3, -0.25) is 14.4 Å². The van der Waals surface area contributed by atoms with Crippen LogP contribution >= 0.6 is 23.1 Å². The third-order valence-corrected chi connectivity index (χ3v) is 6.22. The van der Waals surface area contributed by atoms with E-state index in [0.717, 1.165) is 40.8 Å². The Balaban J connectivity index is 1.25.